The van der Waals surface area contributed by atoms with Gasteiger partial charge in [-0.2, -0.15) is 0 Å². The topological polar surface area (TPSA) is 70.6 Å². The van der Waals surface area contributed by atoms with Crippen molar-refractivity contribution in [2.24, 2.45) is 0 Å². The summed E-state index contributed by atoms with van der Waals surface area (Å²) in [5.74, 6) is 1.71. The number of nitrogens with one attached hydrogen (secondary N) is 1. The number of benzene rings is 1. The molecule has 0 radical (unpaired) electrons. The lowest BCUT2D eigenvalue weighted by molar-refractivity contribution is 0.0950. The van der Waals surface area contributed by atoms with Gasteiger partial charge in [-0.25, -0.2) is 9.97 Å². The molecule has 0 unspecified atom stereocenters. The molecule has 1 fully saturated rings. The fourth-order valence-electron chi connectivity index (χ4n) is 3.38. The summed E-state index contributed by atoms with van der Waals surface area (Å²) in [4.78, 5) is 25.9. The first kappa shape index (κ1) is 20.2. The second-order valence-electron chi connectivity index (χ2n) is 7.03. The van der Waals surface area contributed by atoms with Gasteiger partial charge in [-0.3, -0.25) is 4.79 Å². The molecule has 7 nitrogen and oxygen atoms in total. The molecule has 8 heteroatoms. The van der Waals surface area contributed by atoms with Crippen LogP contribution in [0.25, 0.3) is 0 Å². The van der Waals surface area contributed by atoms with Crippen molar-refractivity contribution in [1.82, 2.24) is 15.3 Å². The van der Waals surface area contributed by atoms with Gasteiger partial charge in [0.2, 0.25) is 0 Å². The highest BCUT2D eigenvalue weighted by Crippen LogP contribution is 2.23. The van der Waals surface area contributed by atoms with E-state index in [9.17, 15) is 4.79 Å². The van der Waals surface area contributed by atoms with Gasteiger partial charge in [-0.15, -0.1) is 11.3 Å². The van der Waals surface area contributed by atoms with Crippen LogP contribution < -0.4 is 19.9 Å². The summed E-state index contributed by atoms with van der Waals surface area (Å²) in [5, 5.41) is 5.70. The number of nitrogens with zero attached hydrogens (tertiary/aromatic N) is 4. The Balaban J connectivity index is 1.26. The van der Waals surface area contributed by atoms with E-state index in [1.54, 1.807) is 7.11 Å². The van der Waals surface area contributed by atoms with Gasteiger partial charge in [0.25, 0.3) is 5.91 Å². The number of hydrogen-bond donors (Lipinski definition) is 1. The summed E-state index contributed by atoms with van der Waals surface area (Å²) in [5.41, 5.74) is 1.64. The standard InChI is InChI=1S/C22H25N5O2S/c1-29-18-7-5-17(6-8-18)9-11-24-21(28)19-16-30-22(25-19)27-14-12-26(13-15-27)20-4-2-3-10-23-20/h2-8,10,16H,9,11-15H2,1H3,(H,24,28). The van der Waals surface area contributed by atoms with Crippen molar-refractivity contribution in [2.75, 3.05) is 49.6 Å². The fraction of sp³-hybridized carbons (Fsp3) is 0.318. The maximum atomic E-state index is 12.4. The molecule has 0 aliphatic carbocycles. The third kappa shape index (κ3) is 4.88. The summed E-state index contributed by atoms with van der Waals surface area (Å²) in [6.07, 6.45) is 2.59. The van der Waals surface area contributed by atoms with Crippen molar-refractivity contribution >= 4 is 28.2 Å². The molecular weight excluding hydrogens is 398 g/mol. The van der Waals surface area contributed by atoms with Crippen LogP contribution >= 0.6 is 11.3 Å². The number of carbonyl (C=O) groups is 1. The molecule has 0 saturated carbocycles. The highest BCUT2D eigenvalue weighted by Gasteiger charge is 2.21. The molecule has 4 rings (SSSR count). The van der Waals surface area contributed by atoms with E-state index >= 15 is 0 Å². The summed E-state index contributed by atoms with van der Waals surface area (Å²) >= 11 is 1.52. The van der Waals surface area contributed by atoms with E-state index in [0.29, 0.717) is 12.2 Å². The molecule has 0 atom stereocenters. The molecule has 3 heterocycles. The van der Waals surface area contributed by atoms with Crippen molar-refractivity contribution in [3.63, 3.8) is 0 Å². The van der Waals surface area contributed by atoms with Crippen molar-refractivity contribution in [1.29, 1.82) is 0 Å². The third-order valence-electron chi connectivity index (χ3n) is 5.11. The molecule has 30 heavy (non-hydrogen) atoms. The van der Waals surface area contributed by atoms with Gasteiger partial charge in [0.1, 0.15) is 17.3 Å². The lowest BCUT2D eigenvalue weighted by Crippen LogP contribution is -2.46. The number of hydrogen-bond acceptors (Lipinski definition) is 7. The van der Waals surface area contributed by atoms with Crippen molar-refractivity contribution in [3.8, 4) is 5.75 Å². The smallest absolute Gasteiger partial charge is 0.270 e. The Morgan fingerprint density at radius 1 is 1.10 bits per heavy atom. The average molecular weight is 424 g/mol. The van der Waals surface area contributed by atoms with Crippen LogP contribution in [-0.2, 0) is 6.42 Å². The van der Waals surface area contributed by atoms with Crippen molar-refractivity contribution in [3.05, 3.63) is 65.3 Å². The second kappa shape index (κ2) is 9.58. The molecule has 1 aromatic carbocycles. The van der Waals surface area contributed by atoms with E-state index < -0.39 is 0 Å². The van der Waals surface area contributed by atoms with E-state index in [0.717, 1.165) is 54.9 Å². The average Bonchev–Trinajstić information content (AvgIpc) is 3.31. The highest BCUT2D eigenvalue weighted by atomic mass is 32.1. The van der Waals surface area contributed by atoms with E-state index in [1.807, 2.05) is 54.0 Å². The van der Waals surface area contributed by atoms with Gasteiger partial charge < -0.3 is 19.9 Å². The van der Waals surface area contributed by atoms with Crippen molar-refractivity contribution < 1.29 is 9.53 Å². The summed E-state index contributed by atoms with van der Waals surface area (Å²) in [6.45, 7) is 4.08. The van der Waals surface area contributed by atoms with Gasteiger partial charge >= 0.3 is 0 Å². The number of rotatable bonds is 7. The first-order chi connectivity index (χ1) is 14.7. The normalized spacial score (nSPS) is 13.9. The van der Waals surface area contributed by atoms with Crippen molar-refractivity contribution in [2.45, 2.75) is 6.42 Å². The van der Waals surface area contributed by atoms with Gasteiger partial charge in [0, 0.05) is 44.3 Å². The molecule has 2 aromatic heterocycles. The first-order valence-electron chi connectivity index (χ1n) is 10.0. The number of piperazine rings is 1. The number of pyridine rings is 1. The lowest BCUT2D eigenvalue weighted by atomic mass is 10.1. The maximum absolute atomic E-state index is 12.4. The molecular formula is C22H25N5O2S. The summed E-state index contributed by atoms with van der Waals surface area (Å²) in [6, 6.07) is 13.9. The quantitative estimate of drug-likeness (QED) is 0.630. The summed E-state index contributed by atoms with van der Waals surface area (Å²) in [7, 11) is 1.65. The zero-order valence-electron chi connectivity index (χ0n) is 17.0. The second-order valence-corrected chi connectivity index (χ2v) is 7.87. The Kier molecular flexibility index (Phi) is 6.44. The van der Waals surface area contributed by atoms with E-state index in [4.69, 9.17) is 4.74 Å². The Labute approximate surface area is 180 Å². The predicted octanol–water partition coefficient (Wildman–Crippen LogP) is 2.85. The Hall–Kier alpha value is -3.13. The molecule has 0 spiro atoms. The minimum absolute atomic E-state index is 0.127. The highest BCUT2D eigenvalue weighted by molar-refractivity contribution is 7.13. The van der Waals surface area contributed by atoms with Crippen LogP contribution in [0, 0.1) is 0 Å². The number of amides is 1. The van der Waals surface area contributed by atoms with Crippen LogP contribution in [-0.4, -0.2) is 55.7 Å². The molecule has 1 amide bonds. The number of aromatic nitrogens is 2. The van der Waals surface area contributed by atoms with Crippen LogP contribution in [0.1, 0.15) is 16.1 Å². The van der Waals surface area contributed by atoms with Gasteiger partial charge in [0.15, 0.2) is 5.13 Å². The number of methoxy groups -OCH3 is 1. The van der Waals surface area contributed by atoms with Gasteiger partial charge in [-0.05, 0) is 36.2 Å². The molecule has 1 aliphatic rings. The molecule has 156 valence electrons. The Morgan fingerprint density at radius 3 is 2.57 bits per heavy atom. The zero-order chi connectivity index (χ0) is 20.8. The minimum atomic E-state index is -0.127. The molecule has 1 saturated heterocycles. The number of carbonyl (C=O) groups excluding carboxylic acids is 1. The SMILES string of the molecule is COc1ccc(CCNC(=O)c2csc(N3CCN(c4ccccn4)CC3)n2)cc1. The maximum Gasteiger partial charge on any atom is 0.270 e. The first-order valence-corrected chi connectivity index (χ1v) is 10.9. The number of ether oxygens (including phenoxy) is 1. The van der Waals surface area contributed by atoms with Crippen LogP contribution in [0.15, 0.2) is 54.0 Å². The van der Waals surface area contributed by atoms with Gasteiger partial charge in [0.05, 0.1) is 7.11 Å². The number of thiazole rings is 1. The van der Waals surface area contributed by atoms with E-state index in [1.165, 1.54) is 11.3 Å². The van der Waals surface area contributed by atoms with E-state index in [-0.39, 0.29) is 5.91 Å². The molecule has 1 aliphatic heterocycles. The molecule has 3 aromatic rings. The van der Waals surface area contributed by atoms with Crippen LogP contribution in [0.4, 0.5) is 10.9 Å². The van der Waals surface area contributed by atoms with Gasteiger partial charge in [-0.1, -0.05) is 18.2 Å². The Morgan fingerprint density at radius 2 is 1.87 bits per heavy atom. The zero-order valence-corrected chi connectivity index (χ0v) is 17.8. The Bertz CT molecular complexity index is 953. The predicted molar refractivity (Wildman–Crippen MR) is 120 cm³/mol. The monoisotopic (exact) mass is 423 g/mol. The lowest BCUT2D eigenvalue weighted by Gasteiger charge is -2.35. The largest absolute Gasteiger partial charge is 0.497 e. The number of anilines is 2. The third-order valence-corrected chi connectivity index (χ3v) is 6.01. The van der Waals surface area contributed by atoms with Crippen LogP contribution in [0.5, 0.6) is 5.75 Å². The van der Waals surface area contributed by atoms with Crippen LogP contribution in [0.2, 0.25) is 0 Å². The fourth-order valence-corrected chi connectivity index (χ4v) is 4.24. The van der Waals surface area contributed by atoms with Crippen LogP contribution in [0.3, 0.4) is 0 Å². The molecule has 0 bridgehead atoms. The summed E-state index contributed by atoms with van der Waals surface area (Å²) < 4.78 is 5.16. The molecule has 1 N–H and O–H groups in total. The minimum Gasteiger partial charge on any atom is -0.497 e. The van der Waals surface area contributed by atoms with E-state index in [2.05, 4.69) is 25.1 Å².